The lowest BCUT2D eigenvalue weighted by Crippen LogP contribution is -2.64. The Morgan fingerprint density at radius 2 is 2.00 bits per heavy atom. The average Bonchev–Trinajstić information content (AvgIpc) is 2.54. The summed E-state index contributed by atoms with van der Waals surface area (Å²) in [6.07, 6.45) is 10.5. The Bertz CT molecular complexity index is 440. The first kappa shape index (κ1) is 16.2. The van der Waals surface area contributed by atoms with Crippen molar-refractivity contribution in [3.63, 3.8) is 0 Å². The van der Waals surface area contributed by atoms with Gasteiger partial charge in [-0.2, -0.15) is 0 Å². The number of carbonyl (C=O) groups excluding carboxylic acids is 1. The first-order valence-electron chi connectivity index (χ1n) is 8.71. The fourth-order valence-corrected chi connectivity index (χ4v) is 4.71. The predicted octanol–water partition coefficient (Wildman–Crippen LogP) is 2.23. The van der Waals surface area contributed by atoms with Crippen molar-refractivity contribution >= 4 is 5.78 Å². The number of fused-ring (bicyclic) bond motifs is 1. The van der Waals surface area contributed by atoms with Crippen LogP contribution in [0.25, 0.3) is 0 Å². The molecule has 124 valence electrons. The molecule has 4 nitrogen and oxygen atoms in total. The Morgan fingerprint density at radius 3 is 2.64 bits per heavy atom. The van der Waals surface area contributed by atoms with Gasteiger partial charge in [0.25, 0.3) is 0 Å². The molecular formula is C18H28O4. The maximum atomic E-state index is 12.0. The fourth-order valence-electron chi connectivity index (χ4n) is 4.71. The summed E-state index contributed by atoms with van der Waals surface area (Å²) in [6, 6.07) is 0. The summed E-state index contributed by atoms with van der Waals surface area (Å²) < 4.78 is 5.53. The number of hydrogen-bond acceptors (Lipinski definition) is 4. The van der Waals surface area contributed by atoms with E-state index in [0.717, 1.165) is 12.8 Å². The van der Waals surface area contributed by atoms with Crippen LogP contribution in [0.5, 0.6) is 0 Å². The maximum Gasteiger partial charge on any atom is 0.165 e. The zero-order chi connectivity index (χ0) is 15.7. The number of ketones is 1. The lowest BCUT2D eigenvalue weighted by Gasteiger charge is -2.54. The first-order valence-corrected chi connectivity index (χ1v) is 8.71. The fraction of sp³-hybridized carbons (Fsp3) is 0.833. The van der Waals surface area contributed by atoms with E-state index >= 15 is 0 Å². The molecule has 0 heterocycles. The van der Waals surface area contributed by atoms with Gasteiger partial charge >= 0.3 is 0 Å². The van der Waals surface area contributed by atoms with E-state index in [1.165, 1.54) is 19.3 Å². The average molecular weight is 308 g/mol. The minimum Gasteiger partial charge on any atom is -0.393 e. The van der Waals surface area contributed by atoms with Gasteiger partial charge in [-0.3, -0.25) is 4.79 Å². The topological polar surface area (TPSA) is 66.8 Å². The summed E-state index contributed by atoms with van der Waals surface area (Å²) in [4.78, 5) is 12.0. The predicted molar refractivity (Wildman–Crippen MR) is 83.3 cm³/mol. The van der Waals surface area contributed by atoms with E-state index in [4.69, 9.17) is 4.74 Å². The van der Waals surface area contributed by atoms with Gasteiger partial charge in [0.2, 0.25) is 0 Å². The van der Waals surface area contributed by atoms with Gasteiger partial charge < -0.3 is 14.9 Å². The molecule has 0 aromatic heterocycles. The second kappa shape index (κ2) is 6.42. The third-order valence-electron chi connectivity index (χ3n) is 6.22. The molecule has 0 saturated heterocycles. The van der Waals surface area contributed by atoms with Crippen molar-refractivity contribution in [2.24, 2.45) is 17.8 Å². The van der Waals surface area contributed by atoms with Crippen LogP contribution in [0.2, 0.25) is 0 Å². The lowest BCUT2D eigenvalue weighted by molar-refractivity contribution is -0.191. The third kappa shape index (κ3) is 2.66. The van der Waals surface area contributed by atoms with E-state index in [1.807, 2.05) is 12.2 Å². The van der Waals surface area contributed by atoms with Gasteiger partial charge in [0, 0.05) is 25.4 Å². The highest BCUT2D eigenvalue weighted by molar-refractivity contribution is 5.94. The van der Waals surface area contributed by atoms with Gasteiger partial charge in [0.05, 0.1) is 12.2 Å². The Labute approximate surface area is 132 Å². The molecule has 0 unspecified atom stereocenters. The van der Waals surface area contributed by atoms with Crippen molar-refractivity contribution in [3.05, 3.63) is 12.2 Å². The van der Waals surface area contributed by atoms with Crippen LogP contribution in [0.4, 0.5) is 0 Å². The normalized spacial score (nSPS) is 41.2. The number of carbonyl (C=O) groups is 1. The number of rotatable bonds is 4. The molecule has 3 fully saturated rings. The lowest BCUT2D eigenvalue weighted by atomic mass is 9.55. The van der Waals surface area contributed by atoms with Crippen molar-refractivity contribution in [1.82, 2.24) is 0 Å². The molecule has 3 aliphatic carbocycles. The quantitative estimate of drug-likeness (QED) is 0.782. The highest BCUT2D eigenvalue weighted by Crippen LogP contribution is 2.51. The zero-order valence-corrected chi connectivity index (χ0v) is 13.4. The largest absolute Gasteiger partial charge is 0.393 e. The van der Waals surface area contributed by atoms with Crippen molar-refractivity contribution in [1.29, 1.82) is 0 Å². The Morgan fingerprint density at radius 1 is 1.27 bits per heavy atom. The monoisotopic (exact) mass is 308 g/mol. The van der Waals surface area contributed by atoms with Gasteiger partial charge in [-0.1, -0.05) is 31.4 Å². The molecule has 3 saturated carbocycles. The maximum absolute atomic E-state index is 12.0. The minimum atomic E-state index is -0.677. The molecular weight excluding hydrogens is 280 g/mol. The molecule has 0 aliphatic heterocycles. The Hall–Kier alpha value is -0.710. The van der Waals surface area contributed by atoms with E-state index in [-0.39, 0.29) is 17.6 Å². The van der Waals surface area contributed by atoms with Crippen LogP contribution in [0.15, 0.2) is 12.2 Å². The van der Waals surface area contributed by atoms with Gasteiger partial charge in [0.15, 0.2) is 5.78 Å². The van der Waals surface area contributed by atoms with Crippen LogP contribution in [-0.2, 0) is 9.53 Å². The SMILES string of the molecule is CO[C@]12CC[C@@H](O)[C@H](C=C[C@H](O)C3CCCCC3)[C@H]1CC2=O. The standard InChI is InChI=1S/C18H28O4/c1-22-18-10-9-16(20)13(14(18)11-17(18)21)7-8-15(19)12-5-3-2-4-6-12/h7-8,12-16,19-20H,2-6,9-11H2,1H3/t13-,14-,15+,16-,18-/m1/s1. The molecule has 0 bridgehead atoms. The van der Waals surface area contributed by atoms with Gasteiger partial charge in [-0.25, -0.2) is 0 Å². The second-order valence-electron chi connectivity index (χ2n) is 7.28. The molecule has 0 amide bonds. The summed E-state index contributed by atoms with van der Waals surface area (Å²) in [5.74, 6) is 0.493. The summed E-state index contributed by atoms with van der Waals surface area (Å²) in [5, 5.41) is 20.7. The molecule has 0 spiro atoms. The number of aliphatic hydroxyl groups excluding tert-OH is 2. The van der Waals surface area contributed by atoms with Gasteiger partial charge in [0.1, 0.15) is 5.60 Å². The van der Waals surface area contributed by atoms with Crippen LogP contribution >= 0.6 is 0 Å². The molecule has 0 radical (unpaired) electrons. The molecule has 22 heavy (non-hydrogen) atoms. The highest BCUT2D eigenvalue weighted by Gasteiger charge is 2.60. The van der Waals surface area contributed by atoms with E-state index in [1.54, 1.807) is 7.11 Å². The molecule has 5 atom stereocenters. The van der Waals surface area contributed by atoms with Crippen LogP contribution in [0.1, 0.15) is 51.4 Å². The Balaban J connectivity index is 1.67. The van der Waals surface area contributed by atoms with Crippen LogP contribution in [-0.4, -0.2) is 40.9 Å². The third-order valence-corrected chi connectivity index (χ3v) is 6.22. The first-order chi connectivity index (χ1) is 10.6. The molecule has 0 aromatic rings. The number of hydrogen-bond donors (Lipinski definition) is 2. The van der Waals surface area contributed by atoms with Crippen LogP contribution in [0, 0.1) is 17.8 Å². The molecule has 4 heteroatoms. The van der Waals surface area contributed by atoms with Crippen molar-refractivity contribution in [2.45, 2.75) is 69.2 Å². The van der Waals surface area contributed by atoms with E-state index < -0.39 is 17.8 Å². The van der Waals surface area contributed by atoms with Crippen molar-refractivity contribution in [2.75, 3.05) is 7.11 Å². The Kier molecular flexibility index (Phi) is 4.72. The van der Waals surface area contributed by atoms with Gasteiger partial charge in [-0.15, -0.1) is 0 Å². The van der Waals surface area contributed by atoms with Gasteiger partial charge in [-0.05, 0) is 31.6 Å². The summed E-state index contributed by atoms with van der Waals surface area (Å²) in [5.41, 5.74) is -0.677. The number of aliphatic hydroxyl groups is 2. The number of methoxy groups -OCH3 is 1. The number of ether oxygens (including phenoxy) is 1. The van der Waals surface area contributed by atoms with E-state index in [0.29, 0.717) is 25.2 Å². The van der Waals surface area contributed by atoms with E-state index in [2.05, 4.69) is 0 Å². The minimum absolute atomic E-state index is 0.0588. The highest BCUT2D eigenvalue weighted by atomic mass is 16.5. The summed E-state index contributed by atoms with van der Waals surface area (Å²) >= 11 is 0. The van der Waals surface area contributed by atoms with Crippen molar-refractivity contribution < 1.29 is 19.7 Å². The van der Waals surface area contributed by atoms with E-state index in [9.17, 15) is 15.0 Å². The van der Waals surface area contributed by atoms with Crippen LogP contribution in [0.3, 0.4) is 0 Å². The molecule has 0 aromatic carbocycles. The summed E-state index contributed by atoms with van der Waals surface area (Å²) in [6.45, 7) is 0. The van der Waals surface area contributed by atoms with Crippen molar-refractivity contribution in [3.8, 4) is 0 Å². The smallest absolute Gasteiger partial charge is 0.165 e. The van der Waals surface area contributed by atoms with Crippen LogP contribution < -0.4 is 0 Å². The number of Topliss-reactive ketones (excluding diaryl/α,β-unsaturated/α-hetero) is 1. The molecule has 3 rings (SSSR count). The zero-order valence-electron chi connectivity index (χ0n) is 13.4. The molecule has 2 N–H and O–H groups in total. The molecule has 3 aliphatic rings. The summed E-state index contributed by atoms with van der Waals surface area (Å²) in [7, 11) is 1.60. The second-order valence-corrected chi connectivity index (χ2v) is 7.28.